The van der Waals surface area contributed by atoms with Crippen LogP contribution in [-0.4, -0.2) is 5.78 Å². The first-order chi connectivity index (χ1) is 5.66. The molecule has 0 N–H and O–H groups in total. The molecule has 1 spiro atoms. The molecule has 0 unspecified atom stereocenters. The van der Waals surface area contributed by atoms with Crippen LogP contribution in [0.1, 0.15) is 33.1 Å². The van der Waals surface area contributed by atoms with Crippen molar-refractivity contribution in [3.8, 4) is 0 Å². The number of ketones is 1. The zero-order valence-electron chi connectivity index (χ0n) is 7.68. The second kappa shape index (κ2) is 2.32. The van der Waals surface area contributed by atoms with Gasteiger partial charge in [0.15, 0.2) is 5.78 Å². The maximum Gasteiger partial charge on any atom is 0.156 e. The molecule has 0 heterocycles. The lowest BCUT2D eigenvalue weighted by Gasteiger charge is -2.21. The third kappa shape index (κ3) is 0.961. The monoisotopic (exact) mass is 162 g/mol. The number of hydrogen-bond donors (Lipinski definition) is 0. The number of carbonyl (C=O) groups is 1. The van der Waals surface area contributed by atoms with Gasteiger partial charge in [0.2, 0.25) is 0 Å². The van der Waals surface area contributed by atoms with Crippen molar-refractivity contribution in [2.24, 2.45) is 5.41 Å². The van der Waals surface area contributed by atoms with Crippen molar-refractivity contribution in [3.63, 3.8) is 0 Å². The molecule has 2 aliphatic rings. The molecule has 1 nitrogen and oxygen atoms in total. The summed E-state index contributed by atoms with van der Waals surface area (Å²) in [4.78, 5) is 11.4. The Kier molecular flexibility index (Phi) is 1.50. The van der Waals surface area contributed by atoms with Crippen LogP contribution in [0, 0.1) is 5.41 Å². The van der Waals surface area contributed by atoms with Crippen LogP contribution in [0.4, 0.5) is 0 Å². The van der Waals surface area contributed by atoms with Crippen molar-refractivity contribution in [3.05, 3.63) is 23.3 Å². The Labute approximate surface area is 73.2 Å². The molecule has 12 heavy (non-hydrogen) atoms. The predicted octanol–water partition coefficient (Wildman–Crippen LogP) is 2.63. The molecule has 0 atom stereocenters. The highest BCUT2D eigenvalue weighted by Crippen LogP contribution is 2.57. The lowest BCUT2D eigenvalue weighted by molar-refractivity contribution is -0.114. The van der Waals surface area contributed by atoms with E-state index < -0.39 is 0 Å². The second-order valence-corrected chi connectivity index (χ2v) is 4.00. The van der Waals surface area contributed by atoms with Gasteiger partial charge < -0.3 is 0 Å². The summed E-state index contributed by atoms with van der Waals surface area (Å²) in [7, 11) is 0. The van der Waals surface area contributed by atoms with Gasteiger partial charge in [-0.2, -0.15) is 0 Å². The molecule has 0 bridgehead atoms. The molecular formula is C11H14O. The van der Waals surface area contributed by atoms with Crippen molar-refractivity contribution in [2.45, 2.75) is 33.1 Å². The third-order valence-electron chi connectivity index (χ3n) is 3.01. The molecule has 1 saturated carbocycles. The molecule has 0 amide bonds. The van der Waals surface area contributed by atoms with Gasteiger partial charge >= 0.3 is 0 Å². The van der Waals surface area contributed by atoms with E-state index in [2.05, 4.69) is 12.2 Å². The zero-order valence-corrected chi connectivity index (χ0v) is 7.68. The summed E-state index contributed by atoms with van der Waals surface area (Å²) >= 11 is 0. The topological polar surface area (TPSA) is 17.1 Å². The molecule has 2 rings (SSSR count). The minimum Gasteiger partial charge on any atom is -0.295 e. The quantitative estimate of drug-likeness (QED) is 0.579. The van der Waals surface area contributed by atoms with Crippen molar-refractivity contribution in [1.82, 2.24) is 0 Å². The van der Waals surface area contributed by atoms with Gasteiger partial charge in [0, 0.05) is 11.0 Å². The van der Waals surface area contributed by atoms with Crippen molar-refractivity contribution in [1.29, 1.82) is 0 Å². The fraction of sp³-hybridized carbons (Fsp3) is 0.545. The summed E-state index contributed by atoms with van der Waals surface area (Å²) in [5.74, 6) is 0.273. The van der Waals surface area contributed by atoms with Gasteiger partial charge in [0.25, 0.3) is 0 Å². The third-order valence-corrected chi connectivity index (χ3v) is 3.01. The van der Waals surface area contributed by atoms with E-state index in [-0.39, 0.29) is 11.2 Å². The molecular weight excluding hydrogens is 148 g/mol. The number of Topliss-reactive ketones (excluding diaryl/α,β-unsaturated/α-hetero) is 1. The van der Waals surface area contributed by atoms with Crippen LogP contribution in [-0.2, 0) is 4.79 Å². The minimum absolute atomic E-state index is 0.273. The number of carbonyl (C=O) groups excluding carboxylic acids is 1. The van der Waals surface area contributed by atoms with Crippen LogP contribution in [0.3, 0.4) is 0 Å². The molecule has 64 valence electrons. The van der Waals surface area contributed by atoms with Gasteiger partial charge in [0.1, 0.15) is 0 Å². The fourth-order valence-corrected chi connectivity index (χ4v) is 2.32. The van der Waals surface area contributed by atoms with Gasteiger partial charge in [-0.1, -0.05) is 12.2 Å². The van der Waals surface area contributed by atoms with Crippen molar-refractivity contribution >= 4 is 5.78 Å². The molecule has 0 aliphatic heterocycles. The van der Waals surface area contributed by atoms with E-state index in [0.717, 1.165) is 12.0 Å². The van der Waals surface area contributed by atoms with Gasteiger partial charge in [0.05, 0.1) is 0 Å². The predicted molar refractivity (Wildman–Crippen MR) is 48.8 cm³/mol. The first-order valence-electron chi connectivity index (χ1n) is 4.55. The van der Waals surface area contributed by atoms with Crippen LogP contribution < -0.4 is 0 Å². The number of hydrogen-bond acceptors (Lipinski definition) is 1. The van der Waals surface area contributed by atoms with Crippen LogP contribution in [0.5, 0.6) is 0 Å². The molecule has 0 saturated heterocycles. The first kappa shape index (κ1) is 7.78. The summed E-state index contributed by atoms with van der Waals surface area (Å²) in [5, 5.41) is 0. The molecule has 1 heteroatoms. The lowest BCUT2D eigenvalue weighted by Crippen LogP contribution is -2.15. The molecule has 2 aliphatic carbocycles. The maximum absolute atomic E-state index is 11.4. The van der Waals surface area contributed by atoms with E-state index in [0.29, 0.717) is 0 Å². The van der Waals surface area contributed by atoms with Gasteiger partial charge in [-0.3, -0.25) is 4.79 Å². The van der Waals surface area contributed by atoms with E-state index in [4.69, 9.17) is 0 Å². The summed E-state index contributed by atoms with van der Waals surface area (Å²) in [6, 6.07) is 0. The normalized spacial score (nSPS) is 24.8. The van der Waals surface area contributed by atoms with E-state index in [1.807, 2.05) is 6.92 Å². The van der Waals surface area contributed by atoms with Crippen LogP contribution in [0.2, 0.25) is 0 Å². The van der Waals surface area contributed by atoms with Gasteiger partial charge in [-0.15, -0.1) is 0 Å². The highest BCUT2D eigenvalue weighted by Gasteiger charge is 2.47. The van der Waals surface area contributed by atoms with Crippen molar-refractivity contribution < 1.29 is 4.79 Å². The lowest BCUT2D eigenvalue weighted by atomic mass is 9.82. The Morgan fingerprint density at radius 3 is 2.58 bits per heavy atom. The van der Waals surface area contributed by atoms with Crippen LogP contribution >= 0.6 is 0 Å². The molecule has 0 radical (unpaired) electrons. The van der Waals surface area contributed by atoms with Crippen LogP contribution in [0.25, 0.3) is 0 Å². The number of allylic oxidation sites excluding steroid dienone is 4. The maximum atomic E-state index is 11.4. The summed E-state index contributed by atoms with van der Waals surface area (Å²) in [6.45, 7) is 3.74. The summed E-state index contributed by atoms with van der Waals surface area (Å²) in [5.41, 5.74) is 2.57. The summed E-state index contributed by atoms with van der Waals surface area (Å²) < 4.78 is 0. The van der Waals surface area contributed by atoms with Gasteiger partial charge in [-0.05, 0) is 38.7 Å². The largest absolute Gasteiger partial charge is 0.295 e. The molecule has 0 aromatic heterocycles. The Morgan fingerprint density at radius 1 is 1.50 bits per heavy atom. The van der Waals surface area contributed by atoms with E-state index >= 15 is 0 Å². The average Bonchev–Trinajstić information content (AvgIpc) is 2.68. The number of rotatable bonds is 1. The smallest absolute Gasteiger partial charge is 0.156 e. The molecule has 0 aromatic carbocycles. The molecule has 0 aromatic rings. The molecule has 1 fully saturated rings. The van der Waals surface area contributed by atoms with E-state index in [1.54, 1.807) is 6.92 Å². The van der Waals surface area contributed by atoms with Crippen molar-refractivity contribution in [2.75, 3.05) is 0 Å². The Hall–Kier alpha value is -0.850. The highest BCUT2D eigenvalue weighted by atomic mass is 16.1. The van der Waals surface area contributed by atoms with E-state index in [9.17, 15) is 4.79 Å². The van der Waals surface area contributed by atoms with E-state index in [1.165, 1.54) is 18.4 Å². The fourth-order valence-electron chi connectivity index (χ4n) is 2.32. The Bertz CT molecular complexity index is 290. The summed E-state index contributed by atoms with van der Waals surface area (Å²) in [6.07, 6.45) is 7.79. The average molecular weight is 162 g/mol. The van der Waals surface area contributed by atoms with Crippen LogP contribution in [0.15, 0.2) is 23.3 Å². The highest BCUT2D eigenvalue weighted by molar-refractivity contribution is 5.96. The Morgan fingerprint density at radius 2 is 2.17 bits per heavy atom. The first-order valence-corrected chi connectivity index (χ1v) is 4.55. The standard InChI is InChI=1S/C11H14O/c1-8-4-3-5-11(6-7-11)10(8)9(2)12/h3-4H,5-7H2,1-2H3. The Balaban J connectivity index is 2.44. The minimum atomic E-state index is 0.273. The second-order valence-electron chi connectivity index (χ2n) is 4.00. The zero-order chi connectivity index (χ0) is 8.77. The van der Waals surface area contributed by atoms with Gasteiger partial charge in [-0.25, -0.2) is 0 Å². The SMILES string of the molecule is CC(=O)C1=C(C)C=CCC12CC2.